The SMILES string of the molecule is Cc1nc(C(=O)Nc2nc3ccc(S(C)(=O)=O)cc3s2)cc(C(F)(F)F)n1. The van der Waals surface area contributed by atoms with Crippen LogP contribution in [0.2, 0.25) is 0 Å². The van der Waals surface area contributed by atoms with Crippen LogP contribution < -0.4 is 5.32 Å². The number of aryl methyl sites for hydroxylation is 1. The minimum absolute atomic E-state index is 0.0952. The molecule has 0 aliphatic carbocycles. The van der Waals surface area contributed by atoms with E-state index in [1.807, 2.05) is 0 Å². The summed E-state index contributed by atoms with van der Waals surface area (Å²) < 4.78 is 62.2. The van der Waals surface area contributed by atoms with Gasteiger partial charge in [-0.3, -0.25) is 10.1 Å². The van der Waals surface area contributed by atoms with E-state index in [9.17, 15) is 26.4 Å². The van der Waals surface area contributed by atoms with E-state index in [1.165, 1.54) is 25.1 Å². The number of carbonyl (C=O) groups is 1. The average Bonchev–Trinajstić information content (AvgIpc) is 2.93. The Labute approximate surface area is 155 Å². The van der Waals surface area contributed by atoms with Crippen LogP contribution in [0.3, 0.4) is 0 Å². The molecule has 142 valence electrons. The number of anilines is 1. The summed E-state index contributed by atoms with van der Waals surface area (Å²) in [5.41, 5.74) is -1.23. The van der Waals surface area contributed by atoms with Crippen molar-refractivity contribution in [3.63, 3.8) is 0 Å². The molecule has 0 aliphatic rings. The quantitative estimate of drug-likeness (QED) is 0.704. The van der Waals surface area contributed by atoms with Crippen LogP contribution in [0, 0.1) is 6.92 Å². The predicted octanol–water partition coefficient (Wildman–Crippen LogP) is 3.07. The van der Waals surface area contributed by atoms with Crippen LogP contribution in [0.15, 0.2) is 29.2 Å². The molecule has 0 unspecified atom stereocenters. The van der Waals surface area contributed by atoms with E-state index in [0.29, 0.717) is 16.3 Å². The van der Waals surface area contributed by atoms with Crippen LogP contribution in [0.1, 0.15) is 22.0 Å². The standard InChI is InChI=1S/C15H11F3N4O3S2/c1-7-19-10(6-12(20-7)15(16,17)18)13(23)22-14-21-9-4-3-8(27(2,24)25)5-11(9)26-14/h3-6H,1-2H3,(H,21,22,23). The Kier molecular flexibility index (Phi) is 4.64. The number of benzene rings is 1. The number of hydrogen-bond donors (Lipinski definition) is 1. The highest BCUT2D eigenvalue weighted by atomic mass is 32.2. The zero-order chi connectivity index (χ0) is 20.0. The van der Waals surface area contributed by atoms with Crippen molar-refractivity contribution in [2.45, 2.75) is 18.0 Å². The van der Waals surface area contributed by atoms with Crippen LogP contribution in [0.4, 0.5) is 18.3 Å². The highest BCUT2D eigenvalue weighted by Crippen LogP contribution is 2.30. The number of alkyl halides is 3. The summed E-state index contributed by atoms with van der Waals surface area (Å²) in [7, 11) is -3.41. The Morgan fingerprint density at radius 2 is 1.85 bits per heavy atom. The van der Waals surface area contributed by atoms with E-state index in [-0.39, 0.29) is 15.9 Å². The Morgan fingerprint density at radius 3 is 2.48 bits per heavy atom. The topological polar surface area (TPSA) is 102 Å². The van der Waals surface area contributed by atoms with Crippen LogP contribution in [-0.4, -0.2) is 35.5 Å². The van der Waals surface area contributed by atoms with Crippen LogP contribution in [-0.2, 0) is 16.0 Å². The zero-order valence-electron chi connectivity index (χ0n) is 13.8. The van der Waals surface area contributed by atoms with E-state index in [2.05, 4.69) is 20.3 Å². The molecule has 2 heterocycles. The summed E-state index contributed by atoms with van der Waals surface area (Å²) in [5, 5.41) is 2.48. The zero-order valence-corrected chi connectivity index (χ0v) is 15.5. The Balaban J connectivity index is 1.91. The van der Waals surface area contributed by atoms with Gasteiger partial charge in [-0.1, -0.05) is 11.3 Å². The number of hydrogen-bond acceptors (Lipinski definition) is 7. The maximum absolute atomic E-state index is 12.8. The molecule has 2 aromatic heterocycles. The van der Waals surface area contributed by atoms with E-state index in [1.54, 1.807) is 0 Å². The van der Waals surface area contributed by atoms with Crippen molar-refractivity contribution in [3.8, 4) is 0 Å². The maximum Gasteiger partial charge on any atom is 0.433 e. The van der Waals surface area contributed by atoms with Gasteiger partial charge in [0.05, 0.1) is 15.1 Å². The second-order valence-electron chi connectivity index (χ2n) is 5.56. The van der Waals surface area contributed by atoms with Gasteiger partial charge in [-0.05, 0) is 25.1 Å². The van der Waals surface area contributed by atoms with E-state index < -0.39 is 33.3 Å². The molecule has 0 aliphatic heterocycles. The highest BCUT2D eigenvalue weighted by molar-refractivity contribution is 7.90. The lowest BCUT2D eigenvalue weighted by Crippen LogP contribution is -2.18. The highest BCUT2D eigenvalue weighted by Gasteiger charge is 2.34. The van der Waals surface area contributed by atoms with Crippen molar-refractivity contribution < 1.29 is 26.4 Å². The monoisotopic (exact) mass is 416 g/mol. The number of amides is 1. The fourth-order valence-electron chi connectivity index (χ4n) is 2.18. The molecule has 1 N–H and O–H groups in total. The van der Waals surface area contributed by atoms with Crippen LogP contribution in [0.5, 0.6) is 0 Å². The normalized spacial score (nSPS) is 12.3. The fourth-order valence-corrected chi connectivity index (χ4v) is 3.80. The van der Waals surface area contributed by atoms with Gasteiger partial charge in [-0.2, -0.15) is 13.2 Å². The molecule has 0 fully saturated rings. The van der Waals surface area contributed by atoms with Crippen molar-refractivity contribution in [3.05, 3.63) is 41.5 Å². The van der Waals surface area contributed by atoms with Crippen molar-refractivity contribution in [2.24, 2.45) is 0 Å². The molecule has 0 saturated carbocycles. The lowest BCUT2D eigenvalue weighted by molar-refractivity contribution is -0.141. The molecule has 1 aromatic carbocycles. The molecule has 0 bridgehead atoms. The third-order valence-corrected chi connectivity index (χ3v) is 5.41. The van der Waals surface area contributed by atoms with E-state index in [0.717, 1.165) is 17.6 Å². The molecule has 12 heteroatoms. The maximum atomic E-state index is 12.8. The molecule has 3 aromatic rings. The number of aromatic nitrogens is 3. The second-order valence-corrected chi connectivity index (χ2v) is 8.60. The first kappa shape index (κ1) is 19.2. The summed E-state index contributed by atoms with van der Waals surface area (Å²) in [6.07, 6.45) is -3.64. The lowest BCUT2D eigenvalue weighted by Gasteiger charge is -2.08. The molecular weight excluding hydrogens is 405 g/mol. The largest absolute Gasteiger partial charge is 0.433 e. The minimum Gasteiger partial charge on any atom is -0.296 e. The van der Waals surface area contributed by atoms with Crippen molar-refractivity contribution in [1.82, 2.24) is 15.0 Å². The van der Waals surface area contributed by atoms with Gasteiger partial charge in [-0.25, -0.2) is 23.4 Å². The van der Waals surface area contributed by atoms with E-state index in [4.69, 9.17) is 0 Å². The third-order valence-electron chi connectivity index (χ3n) is 3.37. The van der Waals surface area contributed by atoms with E-state index >= 15 is 0 Å². The number of fused-ring (bicyclic) bond motifs is 1. The first-order valence-electron chi connectivity index (χ1n) is 7.28. The fraction of sp³-hybridized carbons (Fsp3) is 0.200. The van der Waals surface area contributed by atoms with Gasteiger partial charge >= 0.3 is 6.18 Å². The Morgan fingerprint density at radius 1 is 1.15 bits per heavy atom. The summed E-state index contributed by atoms with van der Waals surface area (Å²) in [5.74, 6) is -1.08. The third kappa shape index (κ3) is 4.22. The molecule has 0 radical (unpaired) electrons. The lowest BCUT2D eigenvalue weighted by atomic mass is 10.3. The number of thiazole rings is 1. The molecule has 27 heavy (non-hydrogen) atoms. The van der Waals surface area contributed by atoms with Crippen molar-refractivity contribution in [1.29, 1.82) is 0 Å². The smallest absolute Gasteiger partial charge is 0.296 e. The van der Waals surface area contributed by atoms with Gasteiger partial charge in [0.15, 0.2) is 15.0 Å². The van der Waals surface area contributed by atoms with Gasteiger partial charge in [0.2, 0.25) is 0 Å². The molecule has 0 saturated heterocycles. The molecule has 1 amide bonds. The number of carbonyl (C=O) groups excluding carboxylic acids is 1. The second kappa shape index (κ2) is 6.53. The van der Waals surface area contributed by atoms with Gasteiger partial charge in [0.1, 0.15) is 17.2 Å². The van der Waals surface area contributed by atoms with Gasteiger partial charge < -0.3 is 0 Å². The van der Waals surface area contributed by atoms with Gasteiger partial charge in [-0.15, -0.1) is 0 Å². The van der Waals surface area contributed by atoms with Crippen LogP contribution >= 0.6 is 11.3 Å². The molecule has 7 nitrogen and oxygen atoms in total. The summed E-state index contributed by atoms with van der Waals surface area (Å²) in [6.45, 7) is 1.25. The Hall–Kier alpha value is -2.60. The summed E-state index contributed by atoms with van der Waals surface area (Å²) in [6, 6.07) is 4.83. The minimum atomic E-state index is -4.71. The number of nitrogens with zero attached hydrogens (tertiary/aromatic N) is 3. The first-order valence-corrected chi connectivity index (χ1v) is 9.99. The number of sulfone groups is 1. The van der Waals surface area contributed by atoms with Crippen molar-refractivity contribution in [2.75, 3.05) is 11.6 Å². The Bertz CT molecular complexity index is 1160. The average molecular weight is 416 g/mol. The predicted molar refractivity (Wildman–Crippen MR) is 92.5 cm³/mol. The van der Waals surface area contributed by atoms with Crippen molar-refractivity contribution >= 4 is 42.4 Å². The van der Waals surface area contributed by atoms with Gasteiger partial charge in [0.25, 0.3) is 5.91 Å². The summed E-state index contributed by atoms with van der Waals surface area (Å²) in [4.78, 5) is 23.5. The number of rotatable bonds is 3. The summed E-state index contributed by atoms with van der Waals surface area (Å²) >= 11 is 0.991. The molecule has 3 rings (SSSR count). The molecular formula is C15H11F3N4O3S2. The van der Waals surface area contributed by atoms with Crippen LogP contribution in [0.25, 0.3) is 10.2 Å². The first-order chi connectivity index (χ1) is 12.4. The molecule has 0 atom stereocenters. The number of nitrogens with one attached hydrogen (secondary N) is 1. The number of halogens is 3. The molecule has 0 spiro atoms. The van der Waals surface area contributed by atoms with Gasteiger partial charge in [0, 0.05) is 12.3 Å².